The monoisotopic (exact) mass is 495 g/mol. The van der Waals surface area contributed by atoms with Gasteiger partial charge < -0.3 is 20.4 Å². The van der Waals surface area contributed by atoms with E-state index in [0.717, 1.165) is 42.2 Å². The molecule has 0 atom stereocenters. The first-order valence-electron chi connectivity index (χ1n) is 11.2. The highest BCUT2D eigenvalue weighted by molar-refractivity contribution is 5.97. The molecule has 0 unspecified atom stereocenters. The van der Waals surface area contributed by atoms with E-state index >= 15 is 0 Å². The van der Waals surface area contributed by atoms with Gasteiger partial charge >= 0.3 is 0 Å². The number of nitrogens with one attached hydrogen (secondary N) is 2. The zero-order valence-electron chi connectivity index (χ0n) is 19.7. The Morgan fingerprint density at radius 1 is 0.917 bits per heavy atom. The van der Waals surface area contributed by atoms with E-state index in [0.29, 0.717) is 18.7 Å². The molecule has 11 heteroatoms. The van der Waals surface area contributed by atoms with Gasteiger partial charge in [0.1, 0.15) is 23.5 Å². The maximum Gasteiger partial charge on any atom is 0.275 e. The molecular formula is C25H26FN5O5. The molecule has 3 aromatic rings. The topological polar surface area (TPSA) is 145 Å². The summed E-state index contributed by atoms with van der Waals surface area (Å²) in [5.41, 5.74) is 0.714. The fourth-order valence-corrected chi connectivity index (χ4v) is 3.31. The van der Waals surface area contributed by atoms with Gasteiger partial charge in [-0.1, -0.05) is 12.1 Å². The van der Waals surface area contributed by atoms with Crippen LogP contribution in [0.1, 0.15) is 56.3 Å². The third kappa shape index (κ3) is 6.46. The van der Waals surface area contributed by atoms with Crippen molar-refractivity contribution in [1.82, 2.24) is 25.5 Å². The minimum absolute atomic E-state index is 0.0726. The molecule has 1 heterocycles. The zero-order valence-corrected chi connectivity index (χ0v) is 19.7. The molecule has 0 aliphatic heterocycles. The normalized spacial score (nSPS) is 11.0. The second-order valence-corrected chi connectivity index (χ2v) is 7.78. The van der Waals surface area contributed by atoms with E-state index in [9.17, 15) is 29.0 Å². The molecule has 3 rings (SSSR count). The van der Waals surface area contributed by atoms with Crippen molar-refractivity contribution in [2.45, 2.75) is 26.3 Å². The largest absolute Gasteiger partial charge is 0.347 e. The van der Waals surface area contributed by atoms with Crippen molar-refractivity contribution >= 4 is 17.7 Å². The molecular weight excluding hydrogens is 469 g/mol. The number of aliphatic hydroxyl groups is 2. The number of halogens is 1. The predicted octanol–water partition coefficient (Wildman–Crippen LogP) is 1.55. The molecule has 0 fully saturated rings. The molecule has 4 N–H and O–H groups in total. The Bertz CT molecular complexity index is 1230. The van der Waals surface area contributed by atoms with E-state index in [4.69, 9.17) is 0 Å². The van der Waals surface area contributed by atoms with E-state index in [1.54, 1.807) is 29.2 Å². The van der Waals surface area contributed by atoms with Crippen molar-refractivity contribution in [1.29, 1.82) is 0 Å². The van der Waals surface area contributed by atoms with Crippen LogP contribution in [0.15, 0.2) is 60.9 Å². The maximum absolute atomic E-state index is 13.1. The first-order chi connectivity index (χ1) is 17.1. The standard InChI is InChI=1S/C25H26FN5O5/c1-3-31(4-2)24(34)17-7-5-16(6-8-17)14-27-22(32)20-13-21(29-15-28-20)23(33)30-25(35,36)18-9-11-19(26)12-10-18/h5-13,15,35-36H,3-4,14H2,1-2H3,(H,27,32)(H,30,33). The van der Waals surface area contributed by atoms with Crippen LogP contribution in [0.4, 0.5) is 4.39 Å². The SMILES string of the molecule is CCN(CC)C(=O)c1ccc(CNC(=O)c2cc(C(=O)NC(O)(O)c3ccc(F)cc3)ncn2)cc1. The molecule has 2 aromatic carbocycles. The van der Waals surface area contributed by atoms with E-state index in [2.05, 4.69) is 15.3 Å². The first kappa shape index (κ1) is 26.4. The molecule has 0 aliphatic rings. The molecule has 0 saturated heterocycles. The van der Waals surface area contributed by atoms with Crippen molar-refractivity contribution < 1.29 is 29.0 Å². The van der Waals surface area contributed by atoms with Crippen LogP contribution in [0.2, 0.25) is 0 Å². The summed E-state index contributed by atoms with van der Waals surface area (Å²) in [6, 6.07) is 12.1. The molecule has 0 bridgehead atoms. The van der Waals surface area contributed by atoms with Gasteiger partial charge in [0.25, 0.3) is 23.6 Å². The summed E-state index contributed by atoms with van der Waals surface area (Å²) in [7, 11) is 0. The fourth-order valence-electron chi connectivity index (χ4n) is 3.31. The van der Waals surface area contributed by atoms with Crippen molar-refractivity contribution in [3.8, 4) is 0 Å². The molecule has 0 radical (unpaired) electrons. The molecule has 10 nitrogen and oxygen atoms in total. The van der Waals surface area contributed by atoms with Gasteiger partial charge in [0, 0.05) is 36.8 Å². The highest BCUT2D eigenvalue weighted by Gasteiger charge is 2.29. The average molecular weight is 496 g/mol. The van der Waals surface area contributed by atoms with Gasteiger partial charge in [-0.05, 0) is 55.8 Å². The van der Waals surface area contributed by atoms with Gasteiger partial charge in [-0.2, -0.15) is 0 Å². The second-order valence-electron chi connectivity index (χ2n) is 7.78. The lowest BCUT2D eigenvalue weighted by atomic mass is 10.1. The molecule has 0 spiro atoms. The molecule has 188 valence electrons. The molecule has 3 amide bonds. The Labute approximate surface area is 206 Å². The number of nitrogens with zero attached hydrogens (tertiary/aromatic N) is 3. The Morgan fingerprint density at radius 2 is 1.50 bits per heavy atom. The Balaban J connectivity index is 1.62. The summed E-state index contributed by atoms with van der Waals surface area (Å²) in [6.07, 6.45) is 0.992. The van der Waals surface area contributed by atoms with Crippen LogP contribution in [-0.2, 0) is 12.5 Å². The van der Waals surface area contributed by atoms with Gasteiger partial charge in [0.2, 0.25) is 0 Å². The number of benzene rings is 2. The molecule has 1 aromatic heterocycles. The van der Waals surface area contributed by atoms with E-state index in [1.807, 2.05) is 19.2 Å². The summed E-state index contributed by atoms with van der Waals surface area (Å²) >= 11 is 0. The van der Waals surface area contributed by atoms with Gasteiger partial charge in [-0.3, -0.25) is 19.7 Å². The maximum atomic E-state index is 13.1. The number of aromatic nitrogens is 2. The summed E-state index contributed by atoms with van der Waals surface area (Å²) < 4.78 is 13.1. The van der Waals surface area contributed by atoms with Crippen LogP contribution in [0.25, 0.3) is 0 Å². The first-order valence-corrected chi connectivity index (χ1v) is 11.2. The van der Waals surface area contributed by atoms with E-state index in [-0.39, 0.29) is 29.4 Å². The highest BCUT2D eigenvalue weighted by atomic mass is 19.1. The number of rotatable bonds is 9. The summed E-state index contributed by atoms with van der Waals surface area (Å²) in [4.78, 5) is 46.7. The van der Waals surface area contributed by atoms with E-state index in [1.165, 1.54) is 0 Å². The predicted molar refractivity (Wildman–Crippen MR) is 127 cm³/mol. The number of hydrogen-bond donors (Lipinski definition) is 4. The zero-order chi connectivity index (χ0) is 26.3. The van der Waals surface area contributed by atoms with Crippen LogP contribution >= 0.6 is 0 Å². The number of carbonyl (C=O) groups is 3. The van der Waals surface area contributed by atoms with Gasteiger partial charge in [-0.15, -0.1) is 0 Å². The number of carbonyl (C=O) groups excluding carboxylic acids is 3. The van der Waals surface area contributed by atoms with Crippen molar-refractivity contribution in [3.63, 3.8) is 0 Å². The van der Waals surface area contributed by atoms with Gasteiger partial charge in [-0.25, -0.2) is 14.4 Å². The lowest BCUT2D eigenvalue weighted by Gasteiger charge is -2.23. The smallest absolute Gasteiger partial charge is 0.275 e. The summed E-state index contributed by atoms with van der Waals surface area (Å²) in [5.74, 6) is -5.04. The number of amides is 3. The van der Waals surface area contributed by atoms with Crippen LogP contribution < -0.4 is 10.6 Å². The van der Waals surface area contributed by atoms with Crippen LogP contribution in [-0.4, -0.2) is 55.9 Å². The molecule has 36 heavy (non-hydrogen) atoms. The van der Waals surface area contributed by atoms with Crippen LogP contribution in [0, 0.1) is 5.82 Å². The molecule has 0 aliphatic carbocycles. The lowest BCUT2D eigenvalue weighted by molar-refractivity contribution is -0.185. The molecule has 0 saturated carbocycles. The third-order valence-electron chi connectivity index (χ3n) is 5.37. The van der Waals surface area contributed by atoms with Gasteiger partial charge in [0.05, 0.1) is 0 Å². The number of hydrogen-bond acceptors (Lipinski definition) is 7. The Kier molecular flexibility index (Phi) is 8.41. The van der Waals surface area contributed by atoms with Crippen molar-refractivity contribution in [2.75, 3.05) is 13.1 Å². The van der Waals surface area contributed by atoms with Crippen LogP contribution in [0.3, 0.4) is 0 Å². The Hall–Kier alpha value is -4.22. The summed E-state index contributed by atoms with van der Waals surface area (Å²) in [6.45, 7) is 5.17. The summed E-state index contributed by atoms with van der Waals surface area (Å²) in [5, 5.41) is 25.0. The fraction of sp³-hybridized carbons (Fsp3) is 0.240. The third-order valence-corrected chi connectivity index (χ3v) is 5.37. The van der Waals surface area contributed by atoms with Crippen molar-refractivity contribution in [3.05, 3.63) is 94.8 Å². The van der Waals surface area contributed by atoms with Gasteiger partial charge in [0.15, 0.2) is 0 Å². The second kappa shape index (κ2) is 11.5. The Morgan fingerprint density at radius 3 is 2.08 bits per heavy atom. The quantitative estimate of drug-likeness (QED) is 0.330. The minimum atomic E-state index is -2.79. The lowest BCUT2D eigenvalue weighted by Crippen LogP contribution is -2.46. The average Bonchev–Trinajstić information content (AvgIpc) is 2.88. The van der Waals surface area contributed by atoms with Crippen molar-refractivity contribution in [2.24, 2.45) is 0 Å². The van der Waals surface area contributed by atoms with Crippen LogP contribution in [0.5, 0.6) is 0 Å². The van der Waals surface area contributed by atoms with E-state index < -0.39 is 23.5 Å². The minimum Gasteiger partial charge on any atom is -0.347 e. The highest BCUT2D eigenvalue weighted by Crippen LogP contribution is 2.16.